The highest BCUT2D eigenvalue weighted by molar-refractivity contribution is 6.30. The molecule has 36 heavy (non-hydrogen) atoms. The second-order valence-corrected chi connectivity index (χ2v) is 10.5. The molecular formula is C26H38ClN5O4. The Labute approximate surface area is 218 Å². The van der Waals surface area contributed by atoms with Gasteiger partial charge in [-0.2, -0.15) is 0 Å². The normalized spacial score (nSPS) is 19.6. The first-order valence-electron chi connectivity index (χ1n) is 12.6. The predicted octanol–water partition coefficient (Wildman–Crippen LogP) is 3.76. The Balaban J connectivity index is 1.91. The van der Waals surface area contributed by atoms with E-state index in [4.69, 9.17) is 16.3 Å². The number of carbonyl (C=O) groups is 3. The van der Waals surface area contributed by atoms with E-state index in [9.17, 15) is 14.4 Å². The van der Waals surface area contributed by atoms with Crippen LogP contribution in [0.1, 0.15) is 52.6 Å². The van der Waals surface area contributed by atoms with Gasteiger partial charge in [0.25, 0.3) is 0 Å². The van der Waals surface area contributed by atoms with Crippen LogP contribution in [-0.4, -0.2) is 84.1 Å². The van der Waals surface area contributed by atoms with Gasteiger partial charge in [0.15, 0.2) is 0 Å². The number of amides is 4. The van der Waals surface area contributed by atoms with E-state index < -0.39 is 12.0 Å². The number of benzene rings is 1. The van der Waals surface area contributed by atoms with Gasteiger partial charge in [0.1, 0.15) is 0 Å². The zero-order valence-corrected chi connectivity index (χ0v) is 22.7. The maximum Gasteiger partial charge on any atom is 0.338 e. The number of hydrogen-bond acceptors (Lipinski definition) is 5. The van der Waals surface area contributed by atoms with Crippen molar-refractivity contribution >= 4 is 29.6 Å². The zero-order chi connectivity index (χ0) is 26.5. The maximum atomic E-state index is 13.2. The van der Waals surface area contributed by atoms with Crippen molar-refractivity contribution in [3.05, 3.63) is 46.1 Å². The summed E-state index contributed by atoms with van der Waals surface area (Å²) in [5.74, 6) is -0.452. The Bertz CT molecular complexity index is 989. The number of halogens is 1. The van der Waals surface area contributed by atoms with Crippen molar-refractivity contribution in [3.8, 4) is 0 Å². The summed E-state index contributed by atoms with van der Waals surface area (Å²) < 4.78 is 5.44. The van der Waals surface area contributed by atoms with Gasteiger partial charge in [-0.3, -0.25) is 9.80 Å². The van der Waals surface area contributed by atoms with E-state index in [0.717, 1.165) is 18.5 Å². The second-order valence-electron chi connectivity index (χ2n) is 10.1. The van der Waals surface area contributed by atoms with E-state index in [-0.39, 0.29) is 24.2 Å². The summed E-state index contributed by atoms with van der Waals surface area (Å²) in [7, 11) is 0. The molecule has 1 aromatic rings. The van der Waals surface area contributed by atoms with E-state index in [1.54, 1.807) is 24.0 Å². The fourth-order valence-corrected chi connectivity index (χ4v) is 4.63. The molecule has 2 aliphatic heterocycles. The first kappa shape index (κ1) is 27.8. The Kier molecular flexibility index (Phi) is 9.24. The molecule has 1 atom stereocenters. The molecule has 198 valence electrons. The minimum absolute atomic E-state index is 0.0780. The van der Waals surface area contributed by atoms with Gasteiger partial charge in [0.2, 0.25) is 0 Å². The fraction of sp³-hybridized carbons (Fsp3) is 0.577. The molecule has 0 unspecified atom stereocenters. The van der Waals surface area contributed by atoms with Gasteiger partial charge in [0.05, 0.1) is 18.2 Å². The monoisotopic (exact) mass is 519 g/mol. The van der Waals surface area contributed by atoms with Crippen molar-refractivity contribution in [1.82, 2.24) is 25.3 Å². The molecule has 0 spiro atoms. The van der Waals surface area contributed by atoms with Gasteiger partial charge in [0, 0.05) is 55.5 Å². The lowest BCUT2D eigenvalue weighted by molar-refractivity contribution is -0.139. The molecule has 4 amide bonds. The lowest BCUT2D eigenvalue weighted by atomic mass is 9.94. The predicted molar refractivity (Wildman–Crippen MR) is 140 cm³/mol. The highest BCUT2D eigenvalue weighted by Gasteiger charge is 2.38. The zero-order valence-electron chi connectivity index (χ0n) is 21.9. The van der Waals surface area contributed by atoms with Crippen molar-refractivity contribution in [2.24, 2.45) is 0 Å². The van der Waals surface area contributed by atoms with Crippen LogP contribution in [0.25, 0.3) is 0 Å². The Morgan fingerprint density at radius 3 is 2.42 bits per heavy atom. The van der Waals surface area contributed by atoms with Crippen LogP contribution >= 0.6 is 11.6 Å². The summed E-state index contributed by atoms with van der Waals surface area (Å²) in [6.45, 7) is 13.1. The smallest absolute Gasteiger partial charge is 0.338 e. The first-order chi connectivity index (χ1) is 17.0. The highest BCUT2D eigenvalue weighted by atomic mass is 35.5. The molecule has 2 heterocycles. The molecule has 1 aromatic carbocycles. The minimum atomic E-state index is -0.646. The van der Waals surface area contributed by atoms with Gasteiger partial charge in [-0.1, -0.05) is 23.7 Å². The number of esters is 1. The van der Waals surface area contributed by atoms with Crippen molar-refractivity contribution in [3.63, 3.8) is 0 Å². The third kappa shape index (κ3) is 6.91. The number of likely N-dealkylation sites (N-methyl/N-ethyl adjacent to an activating group) is 1. The highest BCUT2D eigenvalue weighted by Crippen LogP contribution is 2.32. The summed E-state index contributed by atoms with van der Waals surface area (Å²) >= 11 is 6.08. The van der Waals surface area contributed by atoms with Gasteiger partial charge < -0.3 is 20.3 Å². The fourth-order valence-electron chi connectivity index (χ4n) is 4.51. The molecule has 0 aliphatic carbocycles. The van der Waals surface area contributed by atoms with E-state index in [0.29, 0.717) is 49.0 Å². The van der Waals surface area contributed by atoms with Crippen molar-refractivity contribution in [1.29, 1.82) is 0 Å². The van der Waals surface area contributed by atoms with Gasteiger partial charge in [-0.25, -0.2) is 14.4 Å². The molecule has 0 bridgehead atoms. The standard InChI is InChI=1S/C26H38ClN5O4/c1-6-32-20(17-30-13-8-14-31(16-15-30)25(35)29-26(3,4)5)21(23(33)36-7-2)22(28-24(32)34)18-9-11-19(27)12-10-18/h9-12,22H,6-8,13-17H2,1-5H3,(H,28,34)(H,29,35)/t22-/m0/s1. The molecule has 2 aliphatic rings. The number of nitrogens with zero attached hydrogens (tertiary/aromatic N) is 3. The Morgan fingerprint density at radius 2 is 1.81 bits per heavy atom. The molecule has 10 heteroatoms. The average molecular weight is 520 g/mol. The van der Waals surface area contributed by atoms with Gasteiger partial charge >= 0.3 is 18.0 Å². The molecule has 1 fully saturated rings. The third-order valence-corrected chi connectivity index (χ3v) is 6.44. The van der Waals surface area contributed by atoms with Crippen LogP contribution in [0.3, 0.4) is 0 Å². The van der Waals surface area contributed by atoms with Gasteiger partial charge in [-0.15, -0.1) is 0 Å². The largest absolute Gasteiger partial charge is 0.463 e. The topological polar surface area (TPSA) is 94.2 Å². The number of urea groups is 2. The summed E-state index contributed by atoms with van der Waals surface area (Å²) in [6.07, 6.45) is 0.790. The maximum absolute atomic E-state index is 13.2. The molecule has 1 saturated heterocycles. The quantitative estimate of drug-likeness (QED) is 0.558. The van der Waals surface area contributed by atoms with E-state index >= 15 is 0 Å². The van der Waals surface area contributed by atoms with Crippen LogP contribution in [0.5, 0.6) is 0 Å². The molecule has 0 aromatic heterocycles. The lowest BCUT2D eigenvalue weighted by Gasteiger charge is -2.38. The van der Waals surface area contributed by atoms with Crippen LogP contribution in [0, 0.1) is 0 Å². The van der Waals surface area contributed by atoms with Crippen LogP contribution < -0.4 is 10.6 Å². The summed E-state index contributed by atoms with van der Waals surface area (Å²) in [5.41, 5.74) is 1.50. The molecule has 2 N–H and O–H groups in total. The van der Waals surface area contributed by atoms with Crippen molar-refractivity contribution in [2.75, 3.05) is 45.9 Å². The number of rotatable bonds is 6. The lowest BCUT2D eigenvalue weighted by Crippen LogP contribution is -2.51. The third-order valence-electron chi connectivity index (χ3n) is 6.18. The molecule has 0 radical (unpaired) electrons. The number of ether oxygens (including phenoxy) is 1. The molecule has 0 saturated carbocycles. The van der Waals surface area contributed by atoms with Crippen LogP contribution in [0.15, 0.2) is 35.5 Å². The Morgan fingerprint density at radius 1 is 1.11 bits per heavy atom. The SMILES string of the molecule is CCOC(=O)C1=C(CN2CCCN(C(=O)NC(C)(C)C)CC2)N(CC)C(=O)N[C@H]1c1ccc(Cl)cc1. The number of hydrogen-bond donors (Lipinski definition) is 2. The minimum Gasteiger partial charge on any atom is -0.463 e. The average Bonchev–Trinajstić information content (AvgIpc) is 3.04. The van der Waals surface area contributed by atoms with Crippen LogP contribution in [0.4, 0.5) is 9.59 Å². The molecular weight excluding hydrogens is 482 g/mol. The molecule has 9 nitrogen and oxygen atoms in total. The number of nitrogens with one attached hydrogen (secondary N) is 2. The molecule has 3 rings (SSSR count). The second kappa shape index (κ2) is 12.0. The van der Waals surface area contributed by atoms with E-state index in [1.807, 2.05) is 44.7 Å². The van der Waals surface area contributed by atoms with Gasteiger partial charge in [-0.05, 0) is 58.7 Å². The van der Waals surface area contributed by atoms with Crippen LogP contribution in [0.2, 0.25) is 5.02 Å². The van der Waals surface area contributed by atoms with Crippen molar-refractivity contribution in [2.45, 2.75) is 52.6 Å². The summed E-state index contributed by atoms with van der Waals surface area (Å²) in [6, 6.07) is 6.11. The van der Waals surface area contributed by atoms with Crippen molar-refractivity contribution < 1.29 is 19.1 Å². The summed E-state index contributed by atoms with van der Waals surface area (Å²) in [4.78, 5) is 44.7. The summed E-state index contributed by atoms with van der Waals surface area (Å²) in [5, 5.41) is 6.57. The van der Waals surface area contributed by atoms with Crippen LogP contribution in [-0.2, 0) is 9.53 Å². The van der Waals surface area contributed by atoms with E-state index in [2.05, 4.69) is 15.5 Å². The Hall–Kier alpha value is -2.78. The van der Waals surface area contributed by atoms with E-state index in [1.165, 1.54) is 0 Å². The first-order valence-corrected chi connectivity index (χ1v) is 12.9. The number of carbonyl (C=O) groups excluding carboxylic acids is 3.